The zero-order chi connectivity index (χ0) is 24.1. The lowest BCUT2D eigenvalue weighted by molar-refractivity contribution is -0.122. The van der Waals surface area contributed by atoms with Gasteiger partial charge in [0.05, 0.1) is 19.2 Å². The normalized spacial score (nSPS) is 15.4. The summed E-state index contributed by atoms with van der Waals surface area (Å²) in [6.45, 7) is 0.219. The molecule has 0 aromatic heterocycles. The van der Waals surface area contributed by atoms with E-state index in [9.17, 15) is 18.8 Å². The van der Waals surface area contributed by atoms with Gasteiger partial charge >= 0.3 is 6.03 Å². The smallest absolute Gasteiger partial charge is 0.322 e. The molecule has 1 fully saturated rings. The predicted molar refractivity (Wildman–Crippen MR) is 126 cm³/mol. The molecule has 8 heteroatoms. The van der Waals surface area contributed by atoms with E-state index in [0.717, 1.165) is 10.5 Å². The number of amides is 4. The summed E-state index contributed by atoms with van der Waals surface area (Å²) in [7, 11) is 1.53. The molecule has 7 nitrogen and oxygen atoms in total. The Morgan fingerprint density at radius 1 is 1.03 bits per heavy atom. The molecular weight excluding hydrogens is 437 g/mol. The van der Waals surface area contributed by atoms with Crippen LogP contribution in [-0.2, 0) is 16.0 Å². The van der Waals surface area contributed by atoms with Gasteiger partial charge < -0.3 is 15.0 Å². The summed E-state index contributed by atoms with van der Waals surface area (Å²) < 4.78 is 18.4. The minimum atomic E-state index is -0.959. The Labute approximate surface area is 196 Å². The van der Waals surface area contributed by atoms with Gasteiger partial charge in [0, 0.05) is 12.2 Å². The van der Waals surface area contributed by atoms with Crippen molar-refractivity contribution in [2.24, 2.45) is 0 Å². The highest BCUT2D eigenvalue weighted by Crippen LogP contribution is 2.28. The van der Waals surface area contributed by atoms with Crippen LogP contribution in [-0.4, -0.2) is 42.4 Å². The molecule has 4 amide bonds. The van der Waals surface area contributed by atoms with E-state index in [1.54, 1.807) is 24.3 Å². The molecule has 0 spiro atoms. The van der Waals surface area contributed by atoms with E-state index >= 15 is 0 Å². The van der Waals surface area contributed by atoms with Crippen molar-refractivity contribution in [1.82, 2.24) is 4.90 Å². The fourth-order valence-electron chi connectivity index (χ4n) is 3.88. The monoisotopic (exact) mass is 461 g/mol. The number of methoxy groups -OCH3 is 1. The van der Waals surface area contributed by atoms with E-state index in [1.807, 2.05) is 30.3 Å². The van der Waals surface area contributed by atoms with Crippen molar-refractivity contribution in [2.45, 2.75) is 18.9 Å². The molecular formula is C26H24FN3O4. The maximum Gasteiger partial charge on any atom is 0.322 e. The van der Waals surface area contributed by atoms with Crippen molar-refractivity contribution in [2.75, 3.05) is 23.9 Å². The summed E-state index contributed by atoms with van der Waals surface area (Å²) in [5, 5.41) is 2.71. The van der Waals surface area contributed by atoms with Gasteiger partial charge in [-0.2, -0.15) is 0 Å². The molecule has 174 valence electrons. The summed E-state index contributed by atoms with van der Waals surface area (Å²) in [6.07, 6.45) is 0.370. The van der Waals surface area contributed by atoms with Gasteiger partial charge in [-0.15, -0.1) is 0 Å². The Balaban J connectivity index is 1.57. The number of imide groups is 1. The number of ether oxygens (including phenoxy) is 1. The zero-order valence-electron chi connectivity index (χ0n) is 18.6. The molecule has 3 aromatic rings. The number of hydrogen-bond acceptors (Lipinski definition) is 4. The van der Waals surface area contributed by atoms with Crippen LogP contribution in [0.15, 0.2) is 78.9 Å². The maximum atomic E-state index is 13.3. The lowest BCUT2D eigenvalue weighted by Gasteiger charge is -2.28. The Bertz CT molecular complexity index is 1170. The van der Waals surface area contributed by atoms with Crippen molar-refractivity contribution in [3.8, 4) is 5.75 Å². The number of benzene rings is 3. The Morgan fingerprint density at radius 3 is 2.35 bits per heavy atom. The quantitative estimate of drug-likeness (QED) is 0.534. The van der Waals surface area contributed by atoms with Crippen molar-refractivity contribution in [1.29, 1.82) is 0 Å². The highest BCUT2D eigenvalue weighted by atomic mass is 19.1. The van der Waals surface area contributed by atoms with E-state index in [0.29, 0.717) is 23.5 Å². The van der Waals surface area contributed by atoms with Gasteiger partial charge in [-0.05, 0) is 60.5 Å². The number of hydrogen-bond donors (Lipinski definition) is 1. The topological polar surface area (TPSA) is 79.0 Å². The Morgan fingerprint density at radius 2 is 1.71 bits per heavy atom. The van der Waals surface area contributed by atoms with Crippen LogP contribution in [0.4, 0.5) is 20.6 Å². The summed E-state index contributed by atoms with van der Waals surface area (Å²) in [5.41, 5.74) is 1.80. The van der Waals surface area contributed by atoms with E-state index < -0.39 is 23.8 Å². The second-order valence-corrected chi connectivity index (χ2v) is 7.85. The van der Waals surface area contributed by atoms with E-state index in [1.165, 1.54) is 36.3 Å². The zero-order valence-corrected chi connectivity index (χ0v) is 18.6. The first-order valence-electron chi connectivity index (χ1n) is 10.8. The number of nitrogens with zero attached hydrogens (tertiary/aromatic N) is 2. The Hall–Kier alpha value is -4.20. The van der Waals surface area contributed by atoms with E-state index in [4.69, 9.17) is 4.74 Å². The molecule has 0 unspecified atom stereocenters. The Kier molecular flexibility index (Phi) is 6.87. The predicted octanol–water partition coefficient (Wildman–Crippen LogP) is 4.24. The SMILES string of the molecule is COc1ccc(N2C(=O)C[C@H](N(CCc3ccccc3)C(=O)Nc3ccc(F)cc3)C2=O)cc1. The number of rotatable bonds is 7. The molecule has 0 bridgehead atoms. The van der Waals surface area contributed by atoms with Crippen LogP contribution >= 0.6 is 0 Å². The van der Waals surface area contributed by atoms with Gasteiger partial charge in [0.2, 0.25) is 5.91 Å². The van der Waals surface area contributed by atoms with Crippen molar-refractivity contribution < 1.29 is 23.5 Å². The fourth-order valence-corrected chi connectivity index (χ4v) is 3.88. The second kappa shape index (κ2) is 10.2. The average molecular weight is 461 g/mol. The molecule has 0 radical (unpaired) electrons. The summed E-state index contributed by atoms with van der Waals surface area (Å²) >= 11 is 0. The maximum absolute atomic E-state index is 13.3. The number of anilines is 2. The summed E-state index contributed by atoms with van der Waals surface area (Å²) in [6, 6.07) is 20.0. The van der Waals surface area contributed by atoms with Gasteiger partial charge in [0.25, 0.3) is 5.91 Å². The molecule has 1 heterocycles. The first kappa shape index (κ1) is 23.0. The van der Waals surface area contributed by atoms with E-state index in [-0.39, 0.29) is 18.9 Å². The largest absolute Gasteiger partial charge is 0.497 e. The molecule has 0 aliphatic carbocycles. The molecule has 1 N–H and O–H groups in total. The van der Waals surface area contributed by atoms with E-state index in [2.05, 4.69) is 5.32 Å². The van der Waals surface area contributed by atoms with Crippen molar-refractivity contribution in [3.05, 3.63) is 90.2 Å². The lowest BCUT2D eigenvalue weighted by Crippen LogP contribution is -2.48. The number of carbonyl (C=O) groups excluding carboxylic acids is 3. The number of halogens is 1. The van der Waals surface area contributed by atoms with Crippen molar-refractivity contribution >= 4 is 29.2 Å². The van der Waals surface area contributed by atoms with Crippen LogP contribution in [0, 0.1) is 5.82 Å². The fraction of sp³-hybridized carbons (Fsp3) is 0.192. The van der Waals surface area contributed by atoms with Gasteiger partial charge in [-0.25, -0.2) is 14.1 Å². The average Bonchev–Trinajstić information content (AvgIpc) is 3.15. The molecule has 0 saturated carbocycles. The van der Waals surface area contributed by atoms with Crippen LogP contribution in [0.1, 0.15) is 12.0 Å². The molecule has 1 saturated heterocycles. The van der Waals surface area contributed by atoms with Crippen LogP contribution < -0.4 is 15.0 Å². The van der Waals surface area contributed by atoms with Crippen molar-refractivity contribution in [3.63, 3.8) is 0 Å². The van der Waals surface area contributed by atoms with Crippen LogP contribution in [0.3, 0.4) is 0 Å². The van der Waals surface area contributed by atoms with Gasteiger partial charge in [-0.1, -0.05) is 30.3 Å². The molecule has 34 heavy (non-hydrogen) atoms. The molecule has 1 aliphatic rings. The molecule has 1 atom stereocenters. The third-order valence-corrected chi connectivity index (χ3v) is 5.67. The molecule has 3 aromatic carbocycles. The summed E-state index contributed by atoms with van der Waals surface area (Å²) in [4.78, 5) is 41.8. The molecule has 1 aliphatic heterocycles. The minimum Gasteiger partial charge on any atom is -0.497 e. The lowest BCUT2D eigenvalue weighted by atomic mass is 10.1. The van der Waals surface area contributed by atoms with Gasteiger partial charge in [0.15, 0.2) is 0 Å². The number of carbonyl (C=O) groups is 3. The van der Waals surface area contributed by atoms with Crippen LogP contribution in [0.2, 0.25) is 0 Å². The van der Waals surface area contributed by atoms with Gasteiger partial charge in [0.1, 0.15) is 17.6 Å². The highest BCUT2D eigenvalue weighted by molar-refractivity contribution is 6.23. The highest BCUT2D eigenvalue weighted by Gasteiger charge is 2.44. The van der Waals surface area contributed by atoms with Gasteiger partial charge in [-0.3, -0.25) is 9.59 Å². The minimum absolute atomic E-state index is 0.128. The number of urea groups is 1. The third-order valence-electron chi connectivity index (χ3n) is 5.67. The van der Waals surface area contributed by atoms with Crippen LogP contribution in [0.5, 0.6) is 5.75 Å². The second-order valence-electron chi connectivity index (χ2n) is 7.85. The molecule has 4 rings (SSSR count). The summed E-state index contributed by atoms with van der Waals surface area (Å²) in [5.74, 6) is -0.690. The first-order chi connectivity index (χ1) is 16.5. The standard InChI is InChI=1S/C26H24FN3O4/c1-34-22-13-11-21(12-14-22)30-24(31)17-23(25(30)32)29(16-15-18-5-3-2-4-6-18)26(33)28-20-9-7-19(27)8-10-20/h2-14,23H,15-17H2,1H3,(H,28,33)/t23-/m0/s1. The first-order valence-corrected chi connectivity index (χ1v) is 10.8. The third kappa shape index (κ3) is 5.06. The van der Waals surface area contributed by atoms with Crippen LogP contribution in [0.25, 0.3) is 0 Å². The number of nitrogens with one attached hydrogen (secondary N) is 1.